The first-order valence-corrected chi connectivity index (χ1v) is 7.42. The summed E-state index contributed by atoms with van der Waals surface area (Å²) in [5, 5.41) is 12.5. The molecule has 0 saturated heterocycles. The summed E-state index contributed by atoms with van der Waals surface area (Å²) in [5.74, 6) is -1.17. The highest BCUT2D eigenvalue weighted by Gasteiger charge is 2.30. The van der Waals surface area contributed by atoms with Crippen LogP contribution in [-0.4, -0.2) is 16.1 Å². The predicted octanol–water partition coefficient (Wildman–Crippen LogP) is 5.29. The summed E-state index contributed by atoms with van der Waals surface area (Å²) >= 11 is 1.05. The van der Waals surface area contributed by atoms with E-state index in [-0.39, 0.29) is 5.69 Å². The molecule has 1 aromatic carbocycles. The molecule has 6 nitrogen and oxygen atoms in total. The number of hydrogen-bond donors (Lipinski definition) is 1. The molecule has 0 atom stereocenters. The maximum Gasteiger partial charge on any atom is 0.417 e. The third-order valence-corrected chi connectivity index (χ3v) is 3.88. The van der Waals surface area contributed by atoms with Crippen LogP contribution in [0.15, 0.2) is 57.6 Å². The highest BCUT2D eigenvalue weighted by molar-refractivity contribution is 7.99. The van der Waals surface area contributed by atoms with E-state index in [1.165, 1.54) is 24.3 Å². The minimum Gasteiger partial charge on any atom is -0.478 e. The third-order valence-electron chi connectivity index (χ3n) is 2.84. The summed E-state index contributed by atoms with van der Waals surface area (Å²) < 4.78 is 37.7. The Morgan fingerprint density at radius 3 is 2.64 bits per heavy atom. The van der Waals surface area contributed by atoms with Crippen molar-refractivity contribution in [2.45, 2.75) is 16.1 Å². The maximum absolute atomic E-state index is 12.6. The second kappa shape index (κ2) is 7.73. The molecule has 0 aliphatic carbocycles. The van der Waals surface area contributed by atoms with Gasteiger partial charge in [0.1, 0.15) is 5.03 Å². The van der Waals surface area contributed by atoms with Gasteiger partial charge in [-0.25, -0.2) is 9.78 Å². The van der Waals surface area contributed by atoms with Crippen LogP contribution in [0.2, 0.25) is 0 Å². The molecule has 0 aliphatic heterocycles. The minimum absolute atomic E-state index is 0.275. The van der Waals surface area contributed by atoms with E-state index in [1.54, 1.807) is 6.07 Å². The standard InChI is InChI=1S/C15H9F3N4O2S/c16-15(17,18)10-2-5-13(20-8-10)25-12-4-3-11(21-22-19)7-9(12)1-6-14(23)24/h1-8H,(H,23,24). The van der Waals surface area contributed by atoms with E-state index >= 15 is 0 Å². The van der Waals surface area contributed by atoms with E-state index in [0.29, 0.717) is 15.5 Å². The van der Waals surface area contributed by atoms with Gasteiger partial charge < -0.3 is 5.11 Å². The summed E-state index contributed by atoms with van der Waals surface area (Å²) in [6.07, 6.45) is -1.55. The van der Waals surface area contributed by atoms with E-state index in [9.17, 15) is 18.0 Å². The van der Waals surface area contributed by atoms with Gasteiger partial charge in [0.05, 0.1) is 5.56 Å². The fourth-order valence-corrected chi connectivity index (χ4v) is 2.60. The molecule has 1 heterocycles. The van der Waals surface area contributed by atoms with Gasteiger partial charge in [0.25, 0.3) is 0 Å². The molecule has 0 unspecified atom stereocenters. The quantitative estimate of drug-likeness (QED) is 0.336. The van der Waals surface area contributed by atoms with Crippen molar-refractivity contribution in [3.63, 3.8) is 0 Å². The van der Waals surface area contributed by atoms with E-state index < -0.39 is 17.7 Å². The molecule has 10 heteroatoms. The molecule has 0 aliphatic rings. The molecule has 0 amide bonds. The van der Waals surface area contributed by atoms with Crippen LogP contribution in [0.4, 0.5) is 18.9 Å². The summed E-state index contributed by atoms with van der Waals surface area (Å²) in [6.45, 7) is 0. The molecule has 0 saturated carbocycles. The molecule has 0 fully saturated rings. The Bertz CT molecular complexity index is 860. The summed E-state index contributed by atoms with van der Waals surface area (Å²) in [4.78, 5) is 17.6. The van der Waals surface area contributed by atoms with Gasteiger partial charge in [-0.05, 0) is 41.4 Å². The van der Waals surface area contributed by atoms with Crippen molar-refractivity contribution < 1.29 is 23.1 Å². The number of carboxylic acid groups (broad SMARTS) is 1. The number of carboxylic acids is 1. The van der Waals surface area contributed by atoms with E-state index in [4.69, 9.17) is 10.6 Å². The number of pyridine rings is 1. The van der Waals surface area contributed by atoms with E-state index in [1.807, 2.05) is 0 Å². The highest BCUT2D eigenvalue weighted by atomic mass is 32.2. The summed E-state index contributed by atoms with van der Waals surface area (Å²) in [5.41, 5.74) is 8.31. The number of aliphatic carboxylic acids is 1. The van der Waals surface area contributed by atoms with Gasteiger partial charge in [-0.3, -0.25) is 0 Å². The normalized spacial score (nSPS) is 11.3. The zero-order chi connectivity index (χ0) is 18.4. The van der Waals surface area contributed by atoms with Crippen molar-refractivity contribution >= 4 is 29.5 Å². The Morgan fingerprint density at radius 2 is 2.08 bits per heavy atom. The molecule has 1 aromatic heterocycles. The lowest BCUT2D eigenvalue weighted by atomic mass is 10.2. The lowest BCUT2D eigenvalue weighted by Gasteiger charge is -2.08. The maximum atomic E-state index is 12.6. The first-order valence-electron chi connectivity index (χ1n) is 6.61. The highest BCUT2D eigenvalue weighted by Crippen LogP contribution is 2.34. The monoisotopic (exact) mass is 366 g/mol. The van der Waals surface area contributed by atoms with Gasteiger partial charge in [0.15, 0.2) is 0 Å². The zero-order valence-corrected chi connectivity index (χ0v) is 13.1. The average molecular weight is 366 g/mol. The van der Waals surface area contributed by atoms with Crippen molar-refractivity contribution in [1.82, 2.24) is 4.98 Å². The van der Waals surface area contributed by atoms with Gasteiger partial charge in [-0.1, -0.05) is 22.9 Å². The molecular weight excluding hydrogens is 357 g/mol. The first-order chi connectivity index (χ1) is 11.8. The van der Waals surface area contributed by atoms with Gasteiger partial charge in [-0.2, -0.15) is 13.2 Å². The van der Waals surface area contributed by atoms with Crippen LogP contribution in [-0.2, 0) is 11.0 Å². The molecule has 0 spiro atoms. The van der Waals surface area contributed by atoms with Gasteiger partial charge in [-0.15, -0.1) is 0 Å². The number of benzene rings is 1. The van der Waals surface area contributed by atoms with Gasteiger partial charge in [0.2, 0.25) is 0 Å². The largest absolute Gasteiger partial charge is 0.478 e. The average Bonchev–Trinajstić information content (AvgIpc) is 2.54. The van der Waals surface area contributed by atoms with Crippen LogP contribution in [0, 0.1) is 0 Å². The number of carbonyl (C=O) groups is 1. The van der Waals surface area contributed by atoms with Crippen LogP contribution in [0.25, 0.3) is 16.5 Å². The Morgan fingerprint density at radius 1 is 1.32 bits per heavy atom. The Kier molecular flexibility index (Phi) is 5.68. The second-order valence-electron chi connectivity index (χ2n) is 4.57. The van der Waals surface area contributed by atoms with Crippen molar-refractivity contribution in [2.24, 2.45) is 5.11 Å². The van der Waals surface area contributed by atoms with Gasteiger partial charge >= 0.3 is 12.1 Å². The minimum atomic E-state index is -4.47. The summed E-state index contributed by atoms with van der Waals surface area (Å²) in [6, 6.07) is 6.67. The number of rotatable bonds is 5. The number of nitrogens with zero attached hydrogens (tertiary/aromatic N) is 4. The molecule has 2 rings (SSSR count). The number of halogens is 3. The van der Waals surface area contributed by atoms with E-state index in [0.717, 1.165) is 30.1 Å². The van der Waals surface area contributed by atoms with Crippen molar-refractivity contribution in [3.8, 4) is 0 Å². The molecule has 128 valence electrons. The molecule has 1 N–H and O–H groups in total. The lowest BCUT2D eigenvalue weighted by molar-refractivity contribution is -0.138. The lowest BCUT2D eigenvalue weighted by Crippen LogP contribution is -2.05. The fourth-order valence-electron chi connectivity index (χ4n) is 1.75. The fraction of sp³-hybridized carbons (Fsp3) is 0.0667. The first kappa shape index (κ1) is 18.4. The molecular formula is C15H9F3N4O2S. The smallest absolute Gasteiger partial charge is 0.417 e. The Labute approximate surface area is 143 Å². The van der Waals surface area contributed by atoms with Crippen molar-refractivity contribution in [1.29, 1.82) is 0 Å². The molecule has 0 bridgehead atoms. The van der Waals surface area contributed by atoms with Crippen molar-refractivity contribution in [3.05, 3.63) is 64.2 Å². The number of azide groups is 1. The molecule has 0 radical (unpaired) electrons. The van der Waals surface area contributed by atoms with Crippen LogP contribution in [0.1, 0.15) is 11.1 Å². The molecule has 25 heavy (non-hydrogen) atoms. The third kappa shape index (κ3) is 5.27. The number of alkyl halides is 3. The van der Waals surface area contributed by atoms with E-state index in [2.05, 4.69) is 15.0 Å². The Hall–Kier alpha value is -2.97. The summed E-state index contributed by atoms with van der Waals surface area (Å²) in [7, 11) is 0. The molecule has 2 aromatic rings. The van der Waals surface area contributed by atoms with Crippen LogP contribution >= 0.6 is 11.8 Å². The number of hydrogen-bond acceptors (Lipinski definition) is 4. The second-order valence-corrected chi connectivity index (χ2v) is 5.63. The predicted molar refractivity (Wildman–Crippen MR) is 85.3 cm³/mol. The Balaban J connectivity index is 2.34. The zero-order valence-electron chi connectivity index (χ0n) is 12.3. The SMILES string of the molecule is [N-]=[N+]=Nc1ccc(Sc2ccc(C(F)(F)F)cn2)c(C=CC(=O)O)c1. The topological polar surface area (TPSA) is 99.0 Å². The number of aromatic nitrogens is 1. The van der Waals surface area contributed by atoms with Crippen molar-refractivity contribution in [2.75, 3.05) is 0 Å². The van der Waals surface area contributed by atoms with Crippen LogP contribution in [0.5, 0.6) is 0 Å². The van der Waals surface area contributed by atoms with Crippen LogP contribution in [0.3, 0.4) is 0 Å². The van der Waals surface area contributed by atoms with Gasteiger partial charge in [0, 0.05) is 27.8 Å². The van der Waals surface area contributed by atoms with Crippen LogP contribution < -0.4 is 0 Å².